The zero-order valence-corrected chi connectivity index (χ0v) is 11.8. The summed E-state index contributed by atoms with van der Waals surface area (Å²) in [5.41, 5.74) is -0.661. The van der Waals surface area contributed by atoms with E-state index in [0.717, 1.165) is 12.1 Å². The summed E-state index contributed by atoms with van der Waals surface area (Å²) < 4.78 is 43.4. The third kappa shape index (κ3) is 4.10. The van der Waals surface area contributed by atoms with Crippen LogP contribution in [0.2, 0.25) is 0 Å². The Bertz CT molecular complexity index is 509. The average molecular weight is 302 g/mol. The number of hydrogen-bond donors (Lipinski definition) is 1. The number of carbonyl (C=O) groups excluding carboxylic acids is 1. The van der Waals surface area contributed by atoms with Crippen LogP contribution in [0.5, 0.6) is 0 Å². The molecule has 0 saturated carbocycles. The highest BCUT2D eigenvalue weighted by molar-refractivity contribution is 5.89. The summed E-state index contributed by atoms with van der Waals surface area (Å²) in [5, 5.41) is 2.50. The highest BCUT2D eigenvalue weighted by atomic mass is 19.4. The smallest absolute Gasteiger partial charge is 0.372 e. The van der Waals surface area contributed by atoms with Gasteiger partial charge in [-0.1, -0.05) is 6.07 Å². The van der Waals surface area contributed by atoms with Gasteiger partial charge in [0.05, 0.1) is 17.8 Å². The number of ether oxygens (including phenoxy) is 1. The van der Waals surface area contributed by atoms with Gasteiger partial charge in [0.25, 0.3) is 0 Å². The Morgan fingerprint density at radius 2 is 1.90 bits per heavy atom. The molecule has 0 spiro atoms. The first-order valence-electron chi connectivity index (χ1n) is 6.64. The Kier molecular flexibility index (Phi) is 4.41. The van der Waals surface area contributed by atoms with Crippen molar-refractivity contribution in [3.05, 3.63) is 29.8 Å². The molecule has 1 heterocycles. The summed E-state index contributed by atoms with van der Waals surface area (Å²) in [6.07, 6.45) is -4.62. The number of alkyl halides is 3. The molecule has 2 amide bonds. The highest BCUT2D eigenvalue weighted by Crippen LogP contribution is 2.30. The van der Waals surface area contributed by atoms with E-state index in [0.29, 0.717) is 13.1 Å². The fourth-order valence-electron chi connectivity index (χ4n) is 2.32. The molecule has 0 bridgehead atoms. The van der Waals surface area contributed by atoms with Crippen LogP contribution in [0.4, 0.5) is 23.7 Å². The molecule has 1 aromatic carbocycles. The van der Waals surface area contributed by atoms with E-state index in [9.17, 15) is 18.0 Å². The summed E-state index contributed by atoms with van der Waals surface area (Å²) in [7, 11) is 0. The predicted molar refractivity (Wildman–Crippen MR) is 72.0 cm³/mol. The number of nitrogens with zero attached hydrogens (tertiary/aromatic N) is 1. The predicted octanol–water partition coefficient (Wildman–Crippen LogP) is 3.35. The molecule has 4 nitrogen and oxygen atoms in total. The van der Waals surface area contributed by atoms with E-state index in [4.69, 9.17) is 4.74 Å². The number of carbonyl (C=O) groups is 1. The quantitative estimate of drug-likeness (QED) is 0.864. The van der Waals surface area contributed by atoms with E-state index in [1.165, 1.54) is 12.1 Å². The maximum absolute atomic E-state index is 12.6. The first-order valence-corrected chi connectivity index (χ1v) is 6.64. The molecule has 1 N–H and O–H groups in total. The van der Waals surface area contributed by atoms with Crippen LogP contribution in [0.25, 0.3) is 0 Å². The van der Waals surface area contributed by atoms with Crippen LogP contribution in [0.15, 0.2) is 24.3 Å². The minimum atomic E-state index is -4.43. The number of morpholine rings is 1. The fraction of sp³-hybridized carbons (Fsp3) is 0.500. The van der Waals surface area contributed by atoms with Crippen LogP contribution in [-0.4, -0.2) is 36.2 Å². The molecule has 1 aliphatic heterocycles. The van der Waals surface area contributed by atoms with Crippen molar-refractivity contribution in [2.75, 3.05) is 18.4 Å². The zero-order chi connectivity index (χ0) is 15.6. The van der Waals surface area contributed by atoms with Gasteiger partial charge in [0.1, 0.15) is 0 Å². The summed E-state index contributed by atoms with van der Waals surface area (Å²) in [6, 6.07) is 4.17. The van der Waals surface area contributed by atoms with E-state index in [1.807, 2.05) is 13.8 Å². The fourth-order valence-corrected chi connectivity index (χ4v) is 2.32. The number of nitrogens with one attached hydrogen (secondary N) is 1. The lowest BCUT2D eigenvalue weighted by Gasteiger charge is -2.35. The molecule has 1 aliphatic rings. The van der Waals surface area contributed by atoms with Gasteiger partial charge in [-0.2, -0.15) is 13.2 Å². The van der Waals surface area contributed by atoms with Gasteiger partial charge >= 0.3 is 12.2 Å². The number of amides is 2. The van der Waals surface area contributed by atoms with Crippen molar-refractivity contribution >= 4 is 11.7 Å². The molecule has 0 unspecified atom stereocenters. The van der Waals surface area contributed by atoms with Gasteiger partial charge < -0.3 is 15.0 Å². The number of halogens is 3. The third-order valence-electron chi connectivity index (χ3n) is 3.15. The zero-order valence-electron chi connectivity index (χ0n) is 11.8. The SMILES string of the molecule is C[C@@H]1CN(C(=O)Nc2cccc(C(F)(F)F)c2)C[C@H](C)O1. The van der Waals surface area contributed by atoms with Crippen LogP contribution >= 0.6 is 0 Å². The third-order valence-corrected chi connectivity index (χ3v) is 3.15. The molecule has 7 heteroatoms. The van der Waals surface area contributed by atoms with Gasteiger partial charge in [-0.3, -0.25) is 0 Å². The van der Waals surface area contributed by atoms with Gasteiger partial charge in [0.15, 0.2) is 0 Å². The minimum absolute atomic E-state index is 0.0963. The molecular formula is C14H17F3N2O2. The Balaban J connectivity index is 2.06. The number of benzene rings is 1. The van der Waals surface area contributed by atoms with E-state index in [2.05, 4.69) is 5.32 Å². The average Bonchev–Trinajstić information content (AvgIpc) is 2.37. The van der Waals surface area contributed by atoms with Crippen molar-refractivity contribution in [2.24, 2.45) is 0 Å². The molecule has 21 heavy (non-hydrogen) atoms. The Labute approximate surface area is 120 Å². The second kappa shape index (κ2) is 5.93. The van der Waals surface area contributed by atoms with Crippen molar-refractivity contribution in [1.29, 1.82) is 0 Å². The van der Waals surface area contributed by atoms with E-state index in [1.54, 1.807) is 4.90 Å². The normalized spacial score (nSPS) is 23.0. The van der Waals surface area contributed by atoms with Crippen LogP contribution in [-0.2, 0) is 10.9 Å². The molecule has 1 aromatic rings. The van der Waals surface area contributed by atoms with Gasteiger partial charge in [0.2, 0.25) is 0 Å². The second-order valence-corrected chi connectivity index (χ2v) is 5.17. The van der Waals surface area contributed by atoms with Crippen molar-refractivity contribution in [3.63, 3.8) is 0 Å². The molecule has 116 valence electrons. The van der Waals surface area contributed by atoms with Crippen molar-refractivity contribution < 1.29 is 22.7 Å². The maximum Gasteiger partial charge on any atom is 0.416 e. The highest BCUT2D eigenvalue weighted by Gasteiger charge is 2.31. The molecule has 0 aromatic heterocycles. The van der Waals surface area contributed by atoms with Gasteiger partial charge in [0, 0.05) is 18.8 Å². The molecular weight excluding hydrogens is 285 g/mol. The topological polar surface area (TPSA) is 41.6 Å². The van der Waals surface area contributed by atoms with Gasteiger partial charge in [-0.05, 0) is 32.0 Å². The van der Waals surface area contributed by atoms with Crippen LogP contribution in [0.1, 0.15) is 19.4 Å². The summed E-state index contributed by atoms with van der Waals surface area (Å²) in [4.78, 5) is 13.6. The number of anilines is 1. The summed E-state index contributed by atoms with van der Waals surface area (Å²) in [5.74, 6) is 0. The number of hydrogen-bond acceptors (Lipinski definition) is 2. The van der Waals surface area contributed by atoms with E-state index >= 15 is 0 Å². The van der Waals surface area contributed by atoms with Crippen LogP contribution in [0.3, 0.4) is 0 Å². The molecule has 2 atom stereocenters. The maximum atomic E-state index is 12.6. The van der Waals surface area contributed by atoms with Gasteiger partial charge in [-0.25, -0.2) is 4.79 Å². The van der Waals surface area contributed by atoms with Crippen LogP contribution in [0, 0.1) is 0 Å². The largest absolute Gasteiger partial charge is 0.416 e. The van der Waals surface area contributed by atoms with E-state index in [-0.39, 0.29) is 17.9 Å². The second-order valence-electron chi connectivity index (χ2n) is 5.17. The van der Waals surface area contributed by atoms with Gasteiger partial charge in [-0.15, -0.1) is 0 Å². The summed E-state index contributed by atoms with van der Waals surface area (Å²) >= 11 is 0. The molecule has 2 rings (SSSR count). The Morgan fingerprint density at radius 1 is 1.29 bits per heavy atom. The molecule has 1 fully saturated rings. The Hall–Kier alpha value is -1.76. The first kappa shape index (κ1) is 15.6. The van der Waals surface area contributed by atoms with Crippen LogP contribution < -0.4 is 5.32 Å². The minimum Gasteiger partial charge on any atom is -0.372 e. The van der Waals surface area contributed by atoms with E-state index < -0.39 is 17.8 Å². The molecule has 0 radical (unpaired) electrons. The summed E-state index contributed by atoms with van der Waals surface area (Å²) in [6.45, 7) is 4.52. The molecule has 1 saturated heterocycles. The Morgan fingerprint density at radius 3 is 2.48 bits per heavy atom. The standard InChI is InChI=1S/C14H17F3N2O2/c1-9-7-19(8-10(2)21-9)13(20)18-12-5-3-4-11(6-12)14(15,16)17/h3-6,9-10H,7-8H2,1-2H3,(H,18,20)/t9-,10+. The molecule has 0 aliphatic carbocycles. The first-order chi connectivity index (χ1) is 9.75. The lowest BCUT2D eigenvalue weighted by molar-refractivity contribution is -0.137. The van der Waals surface area contributed by atoms with Crippen molar-refractivity contribution in [1.82, 2.24) is 4.90 Å². The monoisotopic (exact) mass is 302 g/mol. The number of urea groups is 1. The lowest BCUT2D eigenvalue weighted by atomic mass is 10.2. The van der Waals surface area contributed by atoms with Crippen molar-refractivity contribution in [2.45, 2.75) is 32.2 Å². The number of rotatable bonds is 1. The van der Waals surface area contributed by atoms with Crippen molar-refractivity contribution in [3.8, 4) is 0 Å². The lowest BCUT2D eigenvalue weighted by Crippen LogP contribution is -2.49.